The molecular formula is C20H34O2. The second-order valence-corrected chi connectivity index (χ2v) is 8.98. The molecule has 0 heterocycles. The summed E-state index contributed by atoms with van der Waals surface area (Å²) < 4.78 is 6.19. The van der Waals surface area contributed by atoms with Crippen molar-refractivity contribution < 1.29 is 9.53 Å². The van der Waals surface area contributed by atoms with E-state index in [9.17, 15) is 4.79 Å². The first-order valence-electron chi connectivity index (χ1n) is 9.57. The van der Waals surface area contributed by atoms with E-state index in [-0.39, 0.29) is 22.9 Å². The summed E-state index contributed by atoms with van der Waals surface area (Å²) in [6.45, 7) is 10.7. The maximum Gasteiger partial charge on any atom is 0.308 e. The third-order valence-electron chi connectivity index (χ3n) is 7.58. The zero-order valence-electron chi connectivity index (χ0n) is 15.2. The fraction of sp³-hybridized carbons (Fsp3) is 0.950. The molecule has 3 fully saturated rings. The lowest BCUT2D eigenvalue weighted by molar-refractivity contribution is -0.181. The Kier molecular flexibility index (Phi) is 4.10. The van der Waals surface area contributed by atoms with Crippen LogP contribution in [0.4, 0.5) is 0 Å². The van der Waals surface area contributed by atoms with E-state index in [2.05, 4.69) is 20.8 Å². The molecule has 2 nitrogen and oxygen atoms in total. The van der Waals surface area contributed by atoms with Gasteiger partial charge in [-0.25, -0.2) is 0 Å². The van der Waals surface area contributed by atoms with Crippen molar-refractivity contribution >= 4 is 5.97 Å². The lowest BCUT2D eigenvalue weighted by Gasteiger charge is -2.48. The van der Waals surface area contributed by atoms with E-state index in [0.29, 0.717) is 0 Å². The first-order chi connectivity index (χ1) is 10.3. The van der Waals surface area contributed by atoms with Crippen LogP contribution in [0.1, 0.15) is 79.6 Å². The van der Waals surface area contributed by atoms with Gasteiger partial charge in [0.25, 0.3) is 0 Å². The van der Waals surface area contributed by atoms with Crippen LogP contribution in [-0.2, 0) is 9.53 Å². The fourth-order valence-corrected chi connectivity index (χ4v) is 5.89. The van der Waals surface area contributed by atoms with Gasteiger partial charge in [-0.1, -0.05) is 34.1 Å². The largest absolute Gasteiger partial charge is 0.459 e. The van der Waals surface area contributed by atoms with Crippen LogP contribution in [0, 0.1) is 35.0 Å². The minimum atomic E-state index is -0.270. The summed E-state index contributed by atoms with van der Waals surface area (Å²) in [4.78, 5) is 12.3. The molecule has 6 atom stereocenters. The first kappa shape index (κ1) is 16.3. The van der Waals surface area contributed by atoms with Crippen LogP contribution in [0.2, 0.25) is 0 Å². The van der Waals surface area contributed by atoms with E-state index >= 15 is 0 Å². The summed E-state index contributed by atoms with van der Waals surface area (Å²) in [5, 5.41) is 0. The number of fused-ring (bicyclic) bond motifs is 1. The van der Waals surface area contributed by atoms with Gasteiger partial charge in [-0.3, -0.25) is 4.79 Å². The van der Waals surface area contributed by atoms with Crippen LogP contribution in [0.25, 0.3) is 0 Å². The van der Waals surface area contributed by atoms with Crippen LogP contribution in [-0.4, -0.2) is 11.6 Å². The quantitative estimate of drug-likeness (QED) is 0.652. The number of carbonyl (C=O) groups excluding carboxylic acids is 1. The van der Waals surface area contributed by atoms with Gasteiger partial charge in [-0.2, -0.15) is 0 Å². The molecule has 0 aliphatic heterocycles. The maximum atomic E-state index is 12.3. The summed E-state index contributed by atoms with van der Waals surface area (Å²) in [6, 6.07) is 0. The summed E-state index contributed by atoms with van der Waals surface area (Å²) in [6.07, 6.45) is 9.01. The molecule has 0 spiro atoms. The predicted molar refractivity (Wildman–Crippen MR) is 89.4 cm³/mol. The third kappa shape index (κ3) is 2.32. The number of ether oxygens (including phenoxy) is 1. The lowest BCUT2D eigenvalue weighted by atomic mass is 9.60. The average molecular weight is 306 g/mol. The number of hydrogen-bond donors (Lipinski definition) is 0. The van der Waals surface area contributed by atoms with Gasteiger partial charge in [0.15, 0.2) is 0 Å². The SMILES string of the molecule is CCC1CC2CC3CC(C(C)(CC)OC(=O)C(C)C)(C1)CC23. The van der Waals surface area contributed by atoms with Gasteiger partial charge in [-0.05, 0) is 69.1 Å². The summed E-state index contributed by atoms with van der Waals surface area (Å²) in [7, 11) is 0. The lowest BCUT2D eigenvalue weighted by Crippen LogP contribution is -2.49. The van der Waals surface area contributed by atoms with E-state index in [1.807, 2.05) is 13.8 Å². The highest BCUT2D eigenvalue weighted by atomic mass is 16.6. The number of esters is 1. The van der Waals surface area contributed by atoms with Gasteiger partial charge in [0.05, 0.1) is 5.92 Å². The van der Waals surface area contributed by atoms with Gasteiger partial charge in [0.2, 0.25) is 0 Å². The Balaban J connectivity index is 1.89. The van der Waals surface area contributed by atoms with Crippen LogP contribution in [0.5, 0.6) is 0 Å². The molecule has 22 heavy (non-hydrogen) atoms. The zero-order chi connectivity index (χ0) is 16.1. The Morgan fingerprint density at radius 2 is 1.91 bits per heavy atom. The van der Waals surface area contributed by atoms with E-state index in [1.54, 1.807) is 0 Å². The van der Waals surface area contributed by atoms with Gasteiger partial charge in [0.1, 0.15) is 5.60 Å². The van der Waals surface area contributed by atoms with Crippen LogP contribution >= 0.6 is 0 Å². The Morgan fingerprint density at radius 3 is 2.50 bits per heavy atom. The van der Waals surface area contributed by atoms with Gasteiger partial charge >= 0.3 is 5.97 Å². The molecule has 3 rings (SSSR count). The minimum Gasteiger partial charge on any atom is -0.459 e. The van der Waals surface area contributed by atoms with Crippen LogP contribution in [0.15, 0.2) is 0 Å². The molecule has 0 amide bonds. The van der Waals surface area contributed by atoms with Crippen molar-refractivity contribution in [1.82, 2.24) is 0 Å². The molecular weight excluding hydrogens is 272 g/mol. The molecule has 3 saturated carbocycles. The standard InChI is InChI=1S/C20H34O2/c1-6-14-8-15-9-16-11-20(10-14,12-17(15)16)19(5,7-2)22-18(21)13(3)4/h13-17H,6-12H2,1-5H3. The Bertz CT molecular complexity index is 443. The minimum absolute atomic E-state index is 0.00758. The van der Waals surface area contributed by atoms with Crippen molar-refractivity contribution in [2.75, 3.05) is 0 Å². The fourth-order valence-electron chi connectivity index (χ4n) is 5.89. The van der Waals surface area contributed by atoms with Crippen molar-refractivity contribution in [2.24, 2.45) is 35.0 Å². The highest BCUT2D eigenvalue weighted by molar-refractivity contribution is 5.72. The molecule has 0 radical (unpaired) electrons. The smallest absolute Gasteiger partial charge is 0.308 e. The van der Waals surface area contributed by atoms with Gasteiger partial charge in [0, 0.05) is 5.41 Å². The number of hydrogen-bond acceptors (Lipinski definition) is 2. The highest BCUT2D eigenvalue weighted by Crippen LogP contribution is 2.68. The monoisotopic (exact) mass is 306 g/mol. The molecule has 0 saturated heterocycles. The maximum absolute atomic E-state index is 12.3. The van der Waals surface area contributed by atoms with Gasteiger partial charge in [-0.15, -0.1) is 0 Å². The molecule has 0 aromatic carbocycles. The topological polar surface area (TPSA) is 26.3 Å². The summed E-state index contributed by atoms with van der Waals surface area (Å²) >= 11 is 0. The highest BCUT2D eigenvalue weighted by Gasteiger charge is 2.63. The summed E-state index contributed by atoms with van der Waals surface area (Å²) in [5.74, 6) is 3.63. The van der Waals surface area contributed by atoms with Crippen molar-refractivity contribution in [3.63, 3.8) is 0 Å². The van der Waals surface area contributed by atoms with Crippen LogP contribution < -0.4 is 0 Å². The zero-order valence-corrected chi connectivity index (χ0v) is 15.2. The second kappa shape index (κ2) is 5.53. The Hall–Kier alpha value is -0.530. The normalized spacial score (nSPS) is 42.5. The molecule has 6 unspecified atom stereocenters. The van der Waals surface area contributed by atoms with Crippen molar-refractivity contribution in [3.05, 3.63) is 0 Å². The molecule has 3 aliphatic carbocycles. The van der Waals surface area contributed by atoms with Crippen molar-refractivity contribution in [1.29, 1.82) is 0 Å². The molecule has 0 aromatic heterocycles. The molecule has 2 bridgehead atoms. The summed E-state index contributed by atoms with van der Waals surface area (Å²) in [5.41, 5.74) is -0.0262. The van der Waals surface area contributed by atoms with E-state index < -0.39 is 0 Å². The molecule has 3 aliphatic rings. The van der Waals surface area contributed by atoms with E-state index in [4.69, 9.17) is 4.74 Å². The molecule has 0 aromatic rings. The third-order valence-corrected chi connectivity index (χ3v) is 7.58. The van der Waals surface area contributed by atoms with Gasteiger partial charge < -0.3 is 4.74 Å². The van der Waals surface area contributed by atoms with E-state index in [1.165, 1.54) is 38.5 Å². The van der Waals surface area contributed by atoms with Crippen molar-refractivity contribution in [3.8, 4) is 0 Å². The molecule has 2 heteroatoms. The predicted octanol–water partition coefficient (Wildman–Crippen LogP) is 5.21. The Morgan fingerprint density at radius 1 is 1.18 bits per heavy atom. The number of carbonyl (C=O) groups is 1. The molecule has 126 valence electrons. The van der Waals surface area contributed by atoms with E-state index in [0.717, 1.165) is 30.1 Å². The van der Waals surface area contributed by atoms with Crippen molar-refractivity contribution in [2.45, 2.75) is 85.2 Å². The Labute approximate surface area is 136 Å². The number of rotatable bonds is 5. The molecule has 0 N–H and O–H groups in total. The average Bonchev–Trinajstić information content (AvgIpc) is 2.67. The first-order valence-corrected chi connectivity index (χ1v) is 9.57. The van der Waals surface area contributed by atoms with Crippen LogP contribution in [0.3, 0.4) is 0 Å². The second-order valence-electron chi connectivity index (χ2n) is 8.98.